The molecular weight excluding hydrogens is 446 g/mol. The van der Waals surface area contributed by atoms with Gasteiger partial charge < -0.3 is 24.6 Å². The molecule has 2 fully saturated rings. The number of hydrogen-bond acceptors (Lipinski definition) is 6. The Morgan fingerprint density at radius 2 is 1.70 bits per heavy atom. The standard InChI is InChI=1S/C25H26ClNO6/c1-32-19-11-9-15(13-20(19)33-2)23(29)21-22(14-8-10-18(28)17(26)12-14)27(25(31)24(21)30)16-6-4-3-5-7-16/h8-13,16,22,28-29H,3-7H2,1-2H3/b23-21-. The molecule has 7 nitrogen and oxygen atoms in total. The fourth-order valence-corrected chi connectivity index (χ4v) is 4.93. The number of ketones is 1. The van der Waals surface area contributed by atoms with Crippen LogP contribution in [0.2, 0.25) is 5.02 Å². The van der Waals surface area contributed by atoms with Crippen LogP contribution in [0.15, 0.2) is 42.0 Å². The van der Waals surface area contributed by atoms with Gasteiger partial charge in [-0.2, -0.15) is 0 Å². The lowest BCUT2D eigenvalue weighted by Gasteiger charge is -2.35. The summed E-state index contributed by atoms with van der Waals surface area (Å²) in [5.41, 5.74) is 0.855. The Kier molecular flexibility index (Phi) is 6.51. The van der Waals surface area contributed by atoms with Crippen molar-refractivity contribution in [3.8, 4) is 17.2 Å². The van der Waals surface area contributed by atoms with Gasteiger partial charge in [-0.25, -0.2) is 0 Å². The zero-order chi connectivity index (χ0) is 23.7. The number of Topliss-reactive ketones (excluding diaryl/α,β-unsaturated/α-hetero) is 1. The highest BCUT2D eigenvalue weighted by molar-refractivity contribution is 6.46. The summed E-state index contributed by atoms with van der Waals surface area (Å²) in [6.07, 6.45) is 4.58. The van der Waals surface area contributed by atoms with Crippen LogP contribution in [0.3, 0.4) is 0 Å². The van der Waals surface area contributed by atoms with Gasteiger partial charge in [-0.1, -0.05) is 36.9 Å². The van der Waals surface area contributed by atoms with E-state index >= 15 is 0 Å². The van der Waals surface area contributed by atoms with Crippen LogP contribution < -0.4 is 9.47 Å². The molecule has 1 amide bonds. The third kappa shape index (κ3) is 4.13. The highest BCUT2D eigenvalue weighted by Crippen LogP contribution is 2.44. The Bertz CT molecular complexity index is 1120. The number of phenolic OH excluding ortho intramolecular Hbond substituents is 1. The van der Waals surface area contributed by atoms with Gasteiger partial charge in [-0.15, -0.1) is 0 Å². The second kappa shape index (κ2) is 9.35. The van der Waals surface area contributed by atoms with Crippen LogP contribution in [-0.2, 0) is 9.59 Å². The summed E-state index contributed by atoms with van der Waals surface area (Å²) in [7, 11) is 2.98. The van der Waals surface area contributed by atoms with Crippen molar-refractivity contribution in [1.82, 2.24) is 4.90 Å². The number of amides is 1. The fourth-order valence-electron chi connectivity index (χ4n) is 4.75. The number of rotatable bonds is 5. The predicted molar refractivity (Wildman–Crippen MR) is 124 cm³/mol. The molecular formula is C25H26ClNO6. The van der Waals surface area contributed by atoms with Crippen LogP contribution in [-0.4, -0.2) is 47.1 Å². The Balaban J connectivity index is 1.89. The average Bonchev–Trinajstić information content (AvgIpc) is 3.10. The fraction of sp³-hybridized carbons (Fsp3) is 0.360. The van der Waals surface area contributed by atoms with E-state index in [-0.39, 0.29) is 28.1 Å². The van der Waals surface area contributed by atoms with Crippen LogP contribution in [0.5, 0.6) is 17.2 Å². The van der Waals surface area contributed by atoms with Crippen molar-refractivity contribution in [1.29, 1.82) is 0 Å². The number of nitrogens with zero attached hydrogens (tertiary/aromatic N) is 1. The molecule has 0 spiro atoms. The third-order valence-electron chi connectivity index (χ3n) is 6.39. The summed E-state index contributed by atoms with van der Waals surface area (Å²) < 4.78 is 10.6. The molecule has 174 valence electrons. The normalized spacial score (nSPS) is 20.8. The molecule has 1 saturated heterocycles. The van der Waals surface area contributed by atoms with E-state index < -0.39 is 17.7 Å². The maximum atomic E-state index is 13.2. The van der Waals surface area contributed by atoms with E-state index in [1.54, 1.807) is 29.2 Å². The minimum Gasteiger partial charge on any atom is -0.507 e. The number of benzene rings is 2. The molecule has 8 heteroatoms. The second-order valence-electron chi connectivity index (χ2n) is 8.28. The maximum Gasteiger partial charge on any atom is 0.295 e. The van der Waals surface area contributed by atoms with E-state index in [0.717, 1.165) is 32.1 Å². The number of aliphatic hydroxyl groups is 1. The Labute approximate surface area is 197 Å². The molecule has 1 heterocycles. The Morgan fingerprint density at radius 1 is 1.00 bits per heavy atom. The van der Waals surface area contributed by atoms with Crippen LogP contribution >= 0.6 is 11.6 Å². The minimum absolute atomic E-state index is 0.0143. The van der Waals surface area contributed by atoms with E-state index in [0.29, 0.717) is 22.6 Å². The van der Waals surface area contributed by atoms with Gasteiger partial charge in [-0.05, 0) is 48.7 Å². The summed E-state index contributed by atoms with van der Waals surface area (Å²) >= 11 is 6.17. The molecule has 0 bridgehead atoms. The quantitative estimate of drug-likeness (QED) is 0.369. The first-order chi connectivity index (χ1) is 15.9. The summed E-state index contributed by atoms with van der Waals surface area (Å²) in [4.78, 5) is 28.0. The highest BCUT2D eigenvalue weighted by atomic mass is 35.5. The number of aliphatic hydroxyl groups excluding tert-OH is 1. The number of carbonyl (C=O) groups is 2. The van der Waals surface area contributed by atoms with Crippen LogP contribution in [0, 0.1) is 0 Å². The molecule has 2 aliphatic rings. The van der Waals surface area contributed by atoms with Crippen molar-refractivity contribution in [2.24, 2.45) is 0 Å². The number of aromatic hydroxyl groups is 1. The number of halogens is 1. The Morgan fingerprint density at radius 3 is 2.33 bits per heavy atom. The van der Waals surface area contributed by atoms with Crippen molar-refractivity contribution in [2.75, 3.05) is 14.2 Å². The molecule has 2 aromatic rings. The highest BCUT2D eigenvalue weighted by Gasteiger charge is 2.49. The molecule has 1 atom stereocenters. The van der Waals surface area contributed by atoms with Crippen molar-refractivity contribution >= 4 is 29.1 Å². The molecule has 4 rings (SSSR count). The SMILES string of the molecule is COc1ccc(/C(O)=C2/C(=O)C(=O)N(C3CCCCC3)C2c2ccc(O)c(Cl)c2)cc1OC. The van der Waals surface area contributed by atoms with Crippen molar-refractivity contribution in [3.05, 3.63) is 58.1 Å². The summed E-state index contributed by atoms with van der Waals surface area (Å²) in [5.74, 6) is -0.942. The van der Waals surface area contributed by atoms with E-state index in [4.69, 9.17) is 21.1 Å². The van der Waals surface area contributed by atoms with Gasteiger partial charge in [0.1, 0.15) is 11.5 Å². The first-order valence-corrected chi connectivity index (χ1v) is 11.3. The van der Waals surface area contributed by atoms with Crippen LogP contribution in [0.4, 0.5) is 0 Å². The molecule has 0 radical (unpaired) electrons. The zero-order valence-electron chi connectivity index (χ0n) is 18.5. The first kappa shape index (κ1) is 23.0. The number of hydrogen-bond donors (Lipinski definition) is 2. The lowest BCUT2D eigenvalue weighted by Crippen LogP contribution is -2.40. The van der Waals surface area contributed by atoms with Crippen molar-refractivity contribution in [3.63, 3.8) is 0 Å². The number of phenols is 1. The van der Waals surface area contributed by atoms with Gasteiger partial charge >= 0.3 is 0 Å². The lowest BCUT2D eigenvalue weighted by atomic mass is 9.91. The average molecular weight is 472 g/mol. The molecule has 1 aliphatic carbocycles. The molecule has 33 heavy (non-hydrogen) atoms. The number of carbonyl (C=O) groups excluding carboxylic acids is 2. The van der Waals surface area contributed by atoms with Gasteiger partial charge in [0, 0.05) is 11.6 Å². The number of ether oxygens (including phenoxy) is 2. The zero-order valence-corrected chi connectivity index (χ0v) is 19.3. The van der Waals surface area contributed by atoms with E-state index in [2.05, 4.69) is 0 Å². The molecule has 2 N–H and O–H groups in total. The Hall–Kier alpha value is -3.19. The van der Waals surface area contributed by atoms with Gasteiger partial charge in [0.2, 0.25) is 0 Å². The summed E-state index contributed by atoms with van der Waals surface area (Å²) in [6.45, 7) is 0. The second-order valence-corrected chi connectivity index (χ2v) is 8.69. The maximum absolute atomic E-state index is 13.2. The molecule has 1 unspecified atom stereocenters. The minimum atomic E-state index is -0.820. The van der Waals surface area contributed by atoms with Crippen molar-refractivity contribution in [2.45, 2.75) is 44.2 Å². The van der Waals surface area contributed by atoms with Crippen LogP contribution in [0.25, 0.3) is 5.76 Å². The molecule has 1 saturated carbocycles. The largest absolute Gasteiger partial charge is 0.507 e. The third-order valence-corrected chi connectivity index (χ3v) is 6.70. The van der Waals surface area contributed by atoms with Gasteiger partial charge in [0.05, 0.1) is 30.9 Å². The van der Waals surface area contributed by atoms with E-state index in [9.17, 15) is 19.8 Å². The van der Waals surface area contributed by atoms with Gasteiger partial charge in [0.25, 0.3) is 11.7 Å². The van der Waals surface area contributed by atoms with Gasteiger partial charge in [0.15, 0.2) is 11.5 Å². The lowest BCUT2D eigenvalue weighted by molar-refractivity contribution is -0.141. The monoisotopic (exact) mass is 471 g/mol. The first-order valence-electron chi connectivity index (χ1n) is 10.9. The smallest absolute Gasteiger partial charge is 0.295 e. The number of methoxy groups -OCH3 is 2. The molecule has 2 aromatic carbocycles. The van der Waals surface area contributed by atoms with Crippen molar-refractivity contribution < 1.29 is 29.3 Å². The predicted octanol–water partition coefficient (Wildman–Crippen LogP) is 4.82. The summed E-state index contributed by atoms with van der Waals surface area (Å²) in [6, 6.07) is 8.42. The van der Waals surface area contributed by atoms with E-state index in [1.165, 1.54) is 26.4 Å². The molecule has 0 aromatic heterocycles. The number of likely N-dealkylation sites (tertiary alicyclic amines) is 1. The van der Waals surface area contributed by atoms with E-state index in [1.807, 2.05) is 0 Å². The topological polar surface area (TPSA) is 96.3 Å². The van der Waals surface area contributed by atoms with Gasteiger partial charge in [-0.3, -0.25) is 9.59 Å². The molecule has 1 aliphatic heterocycles. The van der Waals surface area contributed by atoms with Crippen LogP contribution in [0.1, 0.15) is 49.3 Å². The summed E-state index contributed by atoms with van der Waals surface area (Å²) in [5, 5.41) is 21.3.